The molecule has 1 atom stereocenters. The highest BCUT2D eigenvalue weighted by Crippen LogP contribution is 2.35. The molecule has 0 amide bonds. The van der Waals surface area contributed by atoms with Gasteiger partial charge in [0.1, 0.15) is 11.5 Å². The molecule has 2 aromatic heterocycles. The number of carbonyl (C=O) groups excluding carboxylic acids is 1. The van der Waals surface area contributed by atoms with Crippen LogP contribution in [0.25, 0.3) is 23.1 Å². The van der Waals surface area contributed by atoms with Gasteiger partial charge in [-0.25, -0.2) is 14.6 Å². The molecule has 5 aromatic rings. The molecule has 1 unspecified atom stereocenters. The van der Waals surface area contributed by atoms with Crippen molar-refractivity contribution in [2.75, 3.05) is 6.61 Å². The van der Waals surface area contributed by atoms with Crippen LogP contribution in [-0.4, -0.2) is 28.2 Å². The number of carboxylic acid groups (broad SMARTS) is 1. The molecule has 3 heterocycles. The van der Waals surface area contributed by atoms with E-state index < -0.39 is 18.0 Å². The zero-order valence-electron chi connectivity index (χ0n) is 24.9. The topological polar surface area (TPSA) is 111 Å². The summed E-state index contributed by atoms with van der Waals surface area (Å²) in [7, 11) is 0. The van der Waals surface area contributed by atoms with Crippen molar-refractivity contribution in [2.24, 2.45) is 4.99 Å². The van der Waals surface area contributed by atoms with Crippen molar-refractivity contribution in [3.63, 3.8) is 0 Å². The number of hydrogen-bond acceptors (Lipinski definition) is 7. The monoisotopic (exact) mass is 618 g/mol. The summed E-state index contributed by atoms with van der Waals surface area (Å²) in [6.07, 6.45) is 1.66. The lowest BCUT2D eigenvalue weighted by Gasteiger charge is -2.26. The Balaban J connectivity index is 1.52. The third-order valence-corrected chi connectivity index (χ3v) is 8.59. The van der Waals surface area contributed by atoms with Crippen LogP contribution < -0.4 is 14.9 Å². The number of benzene rings is 3. The maximum absolute atomic E-state index is 14.1. The van der Waals surface area contributed by atoms with E-state index in [1.807, 2.05) is 54.6 Å². The molecule has 1 N–H and O–H groups in total. The third-order valence-electron chi connectivity index (χ3n) is 7.61. The Kier molecular flexibility index (Phi) is 8.19. The van der Waals surface area contributed by atoms with E-state index in [1.165, 1.54) is 23.5 Å². The number of esters is 1. The first-order chi connectivity index (χ1) is 21.7. The third kappa shape index (κ3) is 5.82. The van der Waals surface area contributed by atoms with Crippen LogP contribution in [0.15, 0.2) is 111 Å². The van der Waals surface area contributed by atoms with Crippen LogP contribution in [0.1, 0.15) is 65.5 Å². The number of aromatic carboxylic acids is 1. The Morgan fingerprint density at radius 2 is 1.69 bits per heavy atom. The Morgan fingerprint density at radius 1 is 0.978 bits per heavy atom. The fourth-order valence-electron chi connectivity index (χ4n) is 5.31. The predicted octanol–water partition coefficient (Wildman–Crippen LogP) is 6.02. The van der Waals surface area contributed by atoms with E-state index in [0.29, 0.717) is 43.6 Å². The molecule has 0 saturated heterocycles. The van der Waals surface area contributed by atoms with E-state index in [9.17, 15) is 19.5 Å². The quantitative estimate of drug-likeness (QED) is 0.213. The van der Waals surface area contributed by atoms with Crippen LogP contribution in [-0.2, 0) is 9.53 Å². The second-order valence-corrected chi connectivity index (χ2v) is 11.8. The van der Waals surface area contributed by atoms with E-state index in [4.69, 9.17) is 14.1 Å². The molecule has 0 radical (unpaired) electrons. The van der Waals surface area contributed by atoms with Gasteiger partial charge in [0.2, 0.25) is 0 Å². The number of hydrogen-bond donors (Lipinski definition) is 1. The smallest absolute Gasteiger partial charge is 0.338 e. The first-order valence-corrected chi connectivity index (χ1v) is 15.4. The molecule has 9 heteroatoms. The highest BCUT2D eigenvalue weighted by atomic mass is 32.1. The number of ether oxygens (including phenoxy) is 1. The highest BCUT2D eigenvalue weighted by Gasteiger charge is 2.35. The van der Waals surface area contributed by atoms with Crippen molar-refractivity contribution in [2.45, 2.75) is 32.7 Å². The number of carbonyl (C=O) groups is 2. The number of carboxylic acids is 1. The predicted molar refractivity (Wildman–Crippen MR) is 173 cm³/mol. The summed E-state index contributed by atoms with van der Waals surface area (Å²) in [6, 6.07) is 26.5. The van der Waals surface area contributed by atoms with Gasteiger partial charge in [-0.3, -0.25) is 9.36 Å². The number of thiazole rings is 1. The van der Waals surface area contributed by atoms with Crippen molar-refractivity contribution in [1.29, 1.82) is 0 Å². The highest BCUT2D eigenvalue weighted by molar-refractivity contribution is 7.07. The van der Waals surface area contributed by atoms with Gasteiger partial charge in [-0.2, -0.15) is 0 Å². The molecule has 0 saturated carbocycles. The summed E-state index contributed by atoms with van der Waals surface area (Å²) in [5, 5.41) is 9.19. The summed E-state index contributed by atoms with van der Waals surface area (Å²) in [5.74, 6) is -0.243. The Morgan fingerprint density at radius 3 is 2.33 bits per heavy atom. The van der Waals surface area contributed by atoms with Crippen LogP contribution in [0.3, 0.4) is 0 Å². The van der Waals surface area contributed by atoms with E-state index in [1.54, 1.807) is 41.8 Å². The largest absolute Gasteiger partial charge is 0.478 e. The summed E-state index contributed by atoms with van der Waals surface area (Å²) < 4.78 is 13.5. The molecular weight excluding hydrogens is 588 g/mol. The van der Waals surface area contributed by atoms with E-state index >= 15 is 0 Å². The van der Waals surface area contributed by atoms with E-state index in [-0.39, 0.29) is 17.7 Å². The molecule has 45 heavy (non-hydrogen) atoms. The first kappa shape index (κ1) is 29.8. The number of aromatic nitrogens is 1. The number of nitrogens with zero attached hydrogens (tertiary/aromatic N) is 2. The lowest BCUT2D eigenvalue weighted by Crippen LogP contribution is -2.40. The zero-order chi connectivity index (χ0) is 31.7. The number of fused-ring (bicyclic) bond motifs is 1. The first-order valence-electron chi connectivity index (χ1n) is 14.6. The second-order valence-electron chi connectivity index (χ2n) is 10.8. The van der Waals surface area contributed by atoms with Crippen molar-refractivity contribution in [1.82, 2.24) is 4.57 Å². The van der Waals surface area contributed by atoms with Gasteiger partial charge in [0.15, 0.2) is 4.80 Å². The molecule has 226 valence electrons. The van der Waals surface area contributed by atoms with Gasteiger partial charge >= 0.3 is 11.9 Å². The van der Waals surface area contributed by atoms with Gasteiger partial charge in [0.05, 0.1) is 34.0 Å². The molecule has 0 bridgehead atoms. The van der Waals surface area contributed by atoms with Crippen molar-refractivity contribution < 1.29 is 23.8 Å². The summed E-state index contributed by atoms with van der Waals surface area (Å²) in [6.45, 7) is 6.15. The van der Waals surface area contributed by atoms with Gasteiger partial charge < -0.3 is 14.3 Å². The van der Waals surface area contributed by atoms with Crippen LogP contribution in [0, 0.1) is 0 Å². The lowest BCUT2D eigenvalue weighted by molar-refractivity contribution is -0.138. The molecular formula is C36H30N2O6S. The fourth-order valence-corrected chi connectivity index (χ4v) is 6.29. The molecule has 1 aliphatic heterocycles. The Hall–Kier alpha value is -5.28. The molecule has 1 aliphatic rings. The summed E-state index contributed by atoms with van der Waals surface area (Å²) in [4.78, 5) is 44.3. The van der Waals surface area contributed by atoms with Crippen LogP contribution in [0.2, 0.25) is 0 Å². The summed E-state index contributed by atoms with van der Waals surface area (Å²) >= 11 is 1.22. The van der Waals surface area contributed by atoms with Crippen LogP contribution in [0.4, 0.5) is 0 Å². The minimum Gasteiger partial charge on any atom is -0.478 e. The van der Waals surface area contributed by atoms with Gasteiger partial charge in [-0.1, -0.05) is 91.9 Å². The standard InChI is InChI=1S/C36H30N2O6S/c1-4-43-35(42)30-31(24-8-6-5-7-9-24)37-36-38(32(30)25-14-10-22(11-15-25)21(2)3)33(39)29(45-36)20-27-18-19-28(44-27)23-12-16-26(17-13-23)34(40)41/h5-21,32H,4H2,1-3H3,(H,40,41)/b29-20-. The maximum Gasteiger partial charge on any atom is 0.338 e. The maximum atomic E-state index is 14.1. The zero-order valence-corrected chi connectivity index (χ0v) is 25.7. The number of furan rings is 1. The van der Waals surface area contributed by atoms with E-state index in [2.05, 4.69) is 13.8 Å². The average molecular weight is 619 g/mol. The number of rotatable bonds is 8. The second kappa shape index (κ2) is 12.4. The van der Waals surface area contributed by atoms with Gasteiger partial charge in [-0.15, -0.1) is 0 Å². The molecule has 3 aromatic carbocycles. The normalized spacial score (nSPS) is 14.8. The fraction of sp³-hybridized carbons (Fsp3) is 0.167. The molecule has 0 spiro atoms. The van der Waals surface area contributed by atoms with E-state index in [0.717, 1.165) is 16.7 Å². The van der Waals surface area contributed by atoms with Gasteiger partial charge in [0.25, 0.3) is 5.56 Å². The average Bonchev–Trinajstić information content (AvgIpc) is 3.64. The molecule has 0 aliphatic carbocycles. The minimum atomic E-state index is -1.01. The molecule has 6 rings (SSSR count). The summed E-state index contributed by atoms with van der Waals surface area (Å²) in [5.41, 5.74) is 3.98. The molecule has 0 fully saturated rings. The van der Waals surface area contributed by atoms with Gasteiger partial charge in [-0.05, 0) is 48.2 Å². The SMILES string of the molecule is CCOC(=O)C1=C(c2ccccc2)N=c2s/c(=C\c3ccc(-c4ccc(C(=O)O)cc4)o3)c(=O)n2C1c1ccc(C(C)C)cc1. The molecule has 8 nitrogen and oxygen atoms in total. The Bertz CT molecular complexity index is 2100. The van der Waals surface area contributed by atoms with Crippen molar-refractivity contribution in [3.8, 4) is 11.3 Å². The lowest BCUT2D eigenvalue weighted by atomic mass is 9.91. The van der Waals surface area contributed by atoms with Crippen LogP contribution >= 0.6 is 11.3 Å². The van der Waals surface area contributed by atoms with Crippen molar-refractivity contribution >= 4 is 35.0 Å². The Labute approximate surface area is 262 Å². The van der Waals surface area contributed by atoms with Crippen molar-refractivity contribution in [3.05, 3.63) is 144 Å². The van der Waals surface area contributed by atoms with Crippen LogP contribution in [0.5, 0.6) is 0 Å². The van der Waals surface area contributed by atoms with Gasteiger partial charge in [0, 0.05) is 17.2 Å². The minimum absolute atomic E-state index is 0.174.